The van der Waals surface area contributed by atoms with Crippen molar-refractivity contribution in [2.24, 2.45) is 0 Å². The first-order valence-corrected chi connectivity index (χ1v) is 13.0. The fourth-order valence-electron chi connectivity index (χ4n) is 2.04. The quantitative estimate of drug-likeness (QED) is 0.698. The highest BCUT2D eigenvalue weighted by atomic mass is 28.5. The molecule has 0 unspecified atom stereocenters. The molecule has 1 aliphatic heterocycles. The summed E-state index contributed by atoms with van der Waals surface area (Å²) < 4.78 is 34.8. The second kappa shape index (κ2) is 6.24. The van der Waals surface area contributed by atoms with Crippen molar-refractivity contribution >= 4 is 26.4 Å². The van der Waals surface area contributed by atoms with E-state index >= 15 is 0 Å². The van der Waals surface area contributed by atoms with Gasteiger partial charge in [-0.3, -0.25) is 0 Å². The van der Waals surface area contributed by atoms with Crippen LogP contribution in [0.3, 0.4) is 0 Å². The van der Waals surface area contributed by atoms with Crippen LogP contribution < -0.4 is 0 Å². The van der Waals surface area contributed by atoms with E-state index in [2.05, 4.69) is 0 Å². The second-order valence-corrected chi connectivity index (χ2v) is 12.7. The zero-order valence-electron chi connectivity index (χ0n) is 12.1. The van der Waals surface area contributed by atoms with Crippen molar-refractivity contribution in [2.45, 2.75) is 40.4 Å². The molecule has 0 aromatic rings. The van der Waals surface area contributed by atoms with Crippen molar-refractivity contribution in [1.29, 1.82) is 0 Å². The molecule has 1 fully saturated rings. The van der Waals surface area contributed by atoms with Crippen LogP contribution in [-0.2, 0) is 25.6 Å². The lowest BCUT2D eigenvalue weighted by molar-refractivity contribution is 0.0272. The molecule has 9 heteroatoms. The summed E-state index contributed by atoms with van der Waals surface area (Å²) >= 11 is 0. The maximum absolute atomic E-state index is 5.93. The Bertz CT molecular complexity index is 228. The van der Waals surface area contributed by atoms with E-state index in [1.54, 1.807) is 0 Å². The third-order valence-corrected chi connectivity index (χ3v) is 13.7. The van der Waals surface area contributed by atoms with Gasteiger partial charge < -0.3 is 25.6 Å². The van der Waals surface area contributed by atoms with E-state index in [9.17, 15) is 0 Å². The standard InChI is InChI=1S/C9H24O6Si3/c1-7-10-16(4)13-17(5,11-8-2)15-18(6,14-16)12-9-3/h7-9H2,1-6H3. The van der Waals surface area contributed by atoms with Gasteiger partial charge in [0.25, 0.3) is 0 Å². The Labute approximate surface area is 113 Å². The van der Waals surface area contributed by atoms with Gasteiger partial charge in [-0.15, -0.1) is 0 Å². The Morgan fingerprint density at radius 2 is 0.833 bits per heavy atom. The molecule has 108 valence electrons. The summed E-state index contributed by atoms with van der Waals surface area (Å²) in [4.78, 5) is 0. The Hall–Kier alpha value is 0.411. The molecular formula is C9H24O6Si3. The fourth-order valence-corrected chi connectivity index (χ4v) is 14.7. The third-order valence-electron chi connectivity index (χ3n) is 2.33. The Balaban J connectivity index is 2.91. The minimum atomic E-state index is -2.73. The monoisotopic (exact) mass is 312 g/mol. The average Bonchev–Trinajstić information content (AvgIpc) is 2.14. The molecule has 6 nitrogen and oxygen atoms in total. The molecule has 0 aliphatic carbocycles. The topological polar surface area (TPSA) is 55.4 Å². The molecule has 0 amide bonds. The van der Waals surface area contributed by atoms with Gasteiger partial charge in [0.05, 0.1) is 0 Å². The molecule has 0 aromatic heterocycles. The number of hydrogen-bond donors (Lipinski definition) is 0. The smallest absolute Gasteiger partial charge is 0.375 e. The summed E-state index contributed by atoms with van der Waals surface area (Å²) in [5, 5.41) is 0. The minimum Gasteiger partial charge on any atom is -0.375 e. The molecule has 0 N–H and O–H groups in total. The lowest BCUT2D eigenvalue weighted by Gasteiger charge is -2.46. The SMILES string of the molecule is CCO[Si]1(C)O[Si](C)(OCC)O[Si](C)(OCC)O1. The zero-order chi connectivity index (χ0) is 13.9. The first-order valence-electron chi connectivity index (χ1n) is 6.32. The minimum absolute atomic E-state index is 0.538. The molecule has 1 rings (SSSR count). The predicted octanol–water partition coefficient (Wildman–Crippen LogP) is 1.87. The van der Waals surface area contributed by atoms with Crippen LogP contribution in [0.4, 0.5) is 0 Å². The van der Waals surface area contributed by atoms with Gasteiger partial charge >= 0.3 is 26.4 Å². The Morgan fingerprint density at radius 3 is 1.00 bits per heavy atom. The van der Waals surface area contributed by atoms with E-state index in [-0.39, 0.29) is 0 Å². The number of rotatable bonds is 6. The van der Waals surface area contributed by atoms with Crippen molar-refractivity contribution < 1.29 is 25.6 Å². The van der Waals surface area contributed by atoms with Crippen molar-refractivity contribution in [3.05, 3.63) is 0 Å². The number of hydrogen-bond acceptors (Lipinski definition) is 6. The van der Waals surface area contributed by atoms with E-state index in [1.807, 2.05) is 40.4 Å². The van der Waals surface area contributed by atoms with Gasteiger partial charge in [-0.1, -0.05) is 0 Å². The van der Waals surface area contributed by atoms with Crippen LogP contribution in [0.2, 0.25) is 19.6 Å². The molecule has 1 saturated heterocycles. The van der Waals surface area contributed by atoms with E-state index in [1.165, 1.54) is 0 Å². The van der Waals surface area contributed by atoms with Gasteiger partial charge in [0, 0.05) is 39.5 Å². The van der Waals surface area contributed by atoms with E-state index in [0.29, 0.717) is 19.8 Å². The van der Waals surface area contributed by atoms with Crippen molar-refractivity contribution in [3.8, 4) is 0 Å². The van der Waals surface area contributed by atoms with Crippen molar-refractivity contribution in [3.63, 3.8) is 0 Å². The zero-order valence-corrected chi connectivity index (χ0v) is 15.1. The highest BCUT2D eigenvalue weighted by Crippen LogP contribution is 2.32. The predicted molar refractivity (Wildman–Crippen MR) is 73.0 cm³/mol. The van der Waals surface area contributed by atoms with Crippen LogP contribution in [-0.4, -0.2) is 46.2 Å². The summed E-state index contributed by atoms with van der Waals surface area (Å²) in [5.41, 5.74) is 0. The molecule has 0 aromatic carbocycles. The largest absolute Gasteiger partial charge is 0.482 e. The first kappa shape index (κ1) is 16.5. The summed E-state index contributed by atoms with van der Waals surface area (Å²) in [6.45, 7) is 13.0. The molecule has 1 aliphatic rings. The van der Waals surface area contributed by atoms with Crippen LogP contribution >= 0.6 is 0 Å². The molecule has 0 atom stereocenters. The van der Waals surface area contributed by atoms with Crippen LogP contribution in [0.15, 0.2) is 0 Å². The van der Waals surface area contributed by atoms with Gasteiger partial charge in [-0.2, -0.15) is 0 Å². The highest BCUT2D eigenvalue weighted by Gasteiger charge is 2.61. The summed E-state index contributed by atoms with van der Waals surface area (Å²) in [7, 11) is -8.20. The molecule has 0 bridgehead atoms. The highest BCUT2D eigenvalue weighted by molar-refractivity contribution is 6.87. The molecule has 0 radical (unpaired) electrons. The second-order valence-electron chi connectivity index (χ2n) is 4.19. The van der Waals surface area contributed by atoms with Crippen LogP contribution in [0, 0.1) is 0 Å². The Kier molecular flexibility index (Phi) is 5.71. The van der Waals surface area contributed by atoms with E-state index in [0.717, 1.165) is 0 Å². The summed E-state index contributed by atoms with van der Waals surface area (Å²) in [6.07, 6.45) is 0. The molecule has 18 heavy (non-hydrogen) atoms. The maximum Gasteiger partial charge on any atom is 0.482 e. The third kappa shape index (κ3) is 4.21. The molecule has 1 heterocycles. The van der Waals surface area contributed by atoms with Gasteiger partial charge in [0.15, 0.2) is 0 Å². The van der Waals surface area contributed by atoms with Crippen LogP contribution in [0.25, 0.3) is 0 Å². The van der Waals surface area contributed by atoms with Crippen molar-refractivity contribution in [2.75, 3.05) is 19.8 Å². The first-order chi connectivity index (χ1) is 8.30. The van der Waals surface area contributed by atoms with Gasteiger partial charge in [-0.25, -0.2) is 0 Å². The normalized spacial score (nSPS) is 41.0. The van der Waals surface area contributed by atoms with Gasteiger partial charge in [0.2, 0.25) is 0 Å². The van der Waals surface area contributed by atoms with E-state index < -0.39 is 26.4 Å². The van der Waals surface area contributed by atoms with E-state index in [4.69, 9.17) is 25.6 Å². The van der Waals surface area contributed by atoms with Crippen LogP contribution in [0.1, 0.15) is 20.8 Å². The van der Waals surface area contributed by atoms with Gasteiger partial charge in [0.1, 0.15) is 0 Å². The lowest BCUT2D eigenvalue weighted by atomic mass is 10.9. The molecule has 0 spiro atoms. The Morgan fingerprint density at radius 1 is 0.611 bits per heavy atom. The summed E-state index contributed by atoms with van der Waals surface area (Å²) in [6, 6.07) is 0. The lowest BCUT2D eigenvalue weighted by Crippen LogP contribution is -2.70. The maximum atomic E-state index is 5.93. The average molecular weight is 313 g/mol. The van der Waals surface area contributed by atoms with Gasteiger partial charge in [-0.05, 0) is 20.8 Å². The molecular weight excluding hydrogens is 288 g/mol. The fraction of sp³-hybridized carbons (Fsp3) is 1.00. The summed E-state index contributed by atoms with van der Waals surface area (Å²) in [5.74, 6) is 0. The van der Waals surface area contributed by atoms with Crippen molar-refractivity contribution in [1.82, 2.24) is 0 Å². The molecule has 0 saturated carbocycles. The van der Waals surface area contributed by atoms with Crippen LogP contribution in [0.5, 0.6) is 0 Å².